The number of rotatable bonds is 3. The highest BCUT2D eigenvalue weighted by Gasteiger charge is 2.24. The Hall–Kier alpha value is -0.380. The van der Waals surface area contributed by atoms with Crippen LogP contribution in [-0.4, -0.2) is 17.3 Å². The van der Waals surface area contributed by atoms with Crippen LogP contribution in [0.15, 0.2) is 12.1 Å². The monoisotopic (exact) mass is 239 g/mol. The molecule has 1 aliphatic carbocycles. The first-order valence-electron chi connectivity index (χ1n) is 6.17. The first kappa shape index (κ1) is 12.1. The summed E-state index contributed by atoms with van der Waals surface area (Å²) in [5, 5.41) is 13.5. The minimum absolute atomic E-state index is 0.155. The maximum Gasteiger partial charge on any atom is 0.0693 e. The second-order valence-corrected chi connectivity index (χ2v) is 6.11. The second-order valence-electron chi connectivity index (χ2n) is 4.80. The second kappa shape index (κ2) is 5.30. The summed E-state index contributed by atoms with van der Waals surface area (Å²) in [6.45, 7) is 4.32. The van der Waals surface area contributed by atoms with Crippen molar-refractivity contribution in [3.63, 3.8) is 0 Å². The lowest BCUT2D eigenvalue weighted by Crippen LogP contribution is -2.42. The number of hydrogen-bond acceptors (Lipinski definition) is 3. The molecule has 0 amide bonds. The Morgan fingerprint density at radius 1 is 1.38 bits per heavy atom. The summed E-state index contributed by atoms with van der Waals surface area (Å²) < 4.78 is 0. The van der Waals surface area contributed by atoms with Gasteiger partial charge in [-0.25, -0.2) is 0 Å². The molecule has 0 spiro atoms. The Morgan fingerprint density at radius 2 is 2.12 bits per heavy atom. The third kappa shape index (κ3) is 2.84. The minimum Gasteiger partial charge on any atom is -0.392 e. The predicted molar refractivity (Wildman–Crippen MR) is 68.9 cm³/mol. The molecule has 1 aliphatic rings. The number of hydrogen-bond donors (Lipinski definition) is 2. The summed E-state index contributed by atoms with van der Waals surface area (Å²) in [5.74, 6) is 0. The SMILES string of the molecule is Cc1ccc(C(C)N[C@@H]2CCCC[C@H]2O)s1. The van der Waals surface area contributed by atoms with Crippen LogP contribution < -0.4 is 5.32 Å². The number of nitrogens with one attached hydrogen (secondary N) is 1. The summed E-state index contributed by atoms with van der Waals surface area (Å²) in [6, 6.07) is 4.99. The van der Waals surface area contributed by atoms with E-state index in [0.717, 1.165) is 12.8 Å². The quantitative estimate of drug-likeness (QED) is 0.850. The molecule has 0 aromatic carbocycles. The lowest BCUT2D eigenvalue weighted by Gasteiger charge is -2.30. The zero-order chi connectivity index (χ0) is 11.5. The largest absolute Gasteiger partial charge is 0.392 e. The standard InChI is InChI=1S/C13H21NOS/c1-9-7-8-13(16-9)10(2)14-11-5-3-4-6-12(11)15/h7-8,10-12,14-15H,3-6H2,1-2H3/t10?,11-,12-/m1/s1. The van der Waals surface area contributed by atoms with Crippen LogP contribution in [0.25, 0.3) is 0 Å². The van der Waals surface area contributed by atoms with Crippen molar-refractivity contribution in [2.45, 2.75) is 57.7 Å². The van der Waals surface area contributed by atoms with E-state index in [4.69, 9.17) is 0 Å². The maximum absolute atomic E-state index is 9.91. The molecule has 0 saturated heterocycles. The molecule has 0 aliphatic heterocycles. The van der Waals surface area contributed by atoms with Gasteiger partial charge in [-0.05, 0) is 38.8 Å². The van der Waals surface area contributed by atoms with Crippen molar-refractivity contribution in [1.82, 2.24) is 5.32 Å². The fourth-order valence-electron chi connectivity index (χ4n) is 2.40. The Kier molecular flexibility index (Phi) is 4.00. The van der Waals surface area contributed by atoms with E-state index in [1.807, 2.05) is 11.3 Å². The van der Waals surface area contributed by atoms with Crippen LogP contribution in [0.4, 0.5) is 0 Å². The van der Waals surface area contributed by atoms with Crippen LogP contribution in [0.2, 0.25) is 0 Å². The van der Waals surface area contributed by atoms with Gasteiger partial charge in [0.1, 0.15) is 0 Å². The van der Waals surface area contributed by atoms with Crippen LogP contribution in [0.1, 0.15) is 48.4 Å². The van der Waals surface area contributed by atoms with E-state index in [1.165, 1.54) is 22.6 Å². The third-order valence-electron chi connectivity index (χ3n) is 3.38. The van der Waals surface area contributed by atoms with Crippen molar-refractivity contribution in [2.75, 3.05) is 0 Å². The molecular formula is C13H21NOS. The molecular weight excluding hydrogens is 218 g/mol. The van der Waals surface area contributed by atoms with Crippen molar-refractivity contribution in [3.8, 4) is 0 Å². The fraction of sp³-hybridized carbons (Fsp3) is 0.692. The molecule has 2 rings (SSSR count). The number of aryl methyl sites for hydroxylation is 1. The Bertz CT molecular complexity index is 336. The zero-order valence-corrected chi connectivity index (χ0v) is 10.9. The van der Waals surface area contributed by atoms with E-state index in [0.29, 0.717) is 6.04 Å². The Labute approximate surface area is 102 Å². The molecule has 16 heavy (non-hydrogen) atoms. The average Bonchev–Trinajstić information content (AvgIpc) is 2.68. The van der Waals surface area contributed by atoms with Gasteiger partial charge in [-0.2, -0.15) is 0 Å². The first-order valence-corrected chi connectivity index (χ1v) is 6.99. The first-order chi connectivity index (χ1) is 7.66. The van der Waals surface area contributed by atoms with Crippen LogP contribution >= 0.6 is 11.3 Å². The van der Waals surface area contributed by atoms with E-state index >= 15 is 0 Å². The van der Waals surface area contributed by atoms with E-state index in [1.54, 1.807) is 0 Å². The normalized spacial score (nSPS) is 27.9. The lowest BCUT2D eigenvalue weighted by molar-refractivity contribution is 0.0862. The fourth-order valence-corrected chi connectivity index (χ4v) is 3.28. The van der Waals surface area contributed by atoms with Gasteiger partial charge in [-0.1, -0.05) is 12.8 Å². The molecule has 90 valence electrons. The summed E-state index contributed by atoms with van der Waals surface area (Å²) in [5.41, 5.74) is 0. The van der Waals surface area contributed by atoms with Gasteiger partial charge in [-0.15, -0.1) is 11.3 Å². The van der Waals surface area contributed by atoms with Gasteiger partial charge >= 0.3 is 0 Å². The van der Waals surface area contributed by atoms with Gasteiger partial charge < -0.3 is 10.4 Å². The molecule has 1 aromatic rings. The molecule has 1 unspecified atom stereocenters. The van der Waals surface area contributed by atoms with Crippen LogP contribution in [-0.2, 0) is 0 Å². The lowest BCUT2D eigenvalue weighted by atomic mass is 9.92. The summed E-state index contributed by atoms with van der Waals surface area (Å²) in [7, 11) is 0. The number of aliphatic hydroxyl groups is 1. The van der Waals surface area contributed by atoms with Gasteiger partial charge in [0.05, 0.1) is 6.10 Å². The highest BCUT2D eigenvalue weighted by Crippen LogP contribution is 2.25. The molecule has 0 radical (unpaired) electrons. The summed E-state index contributed by atoms with van der Waals surface area (Å²) >= 11 is 1.84. The van der Waals surface area contributed by atoms with E-state index in [9.17, 15) is 5.11 Å². The maximum atomic E-state index is 9.91. The van der Waals surface area contributed by atoms with Gasteiger partial charge in [0.2, 0.25) is 0 Å². The molecule has 1 heterocycles. The smallest absolute Gasteiger partial charge is 0.0693 e. The Morgan fingerprint density at radius 3 is 2.75 bits per heavy atom. The topological polar surface area (TPSA) is 32.3 Å². The van der Waals surface area contributed by atoms with E-state index in [2.05, 4.69) is 31.3 Å². The average molecular weight is 239 g/mol. The number of aliphatic hydroxyl groups excluding tert-OH is 1. The molecule has 2 nitrogen and oxygen atoms in total. The van der Waals surface area contributed by atoms with Gasteiger partial charge in [0.15, 0.2) is 0 Å². The third-order valence-corrected chi connectivity index (χ3v) is 4.56. The van der Waals surface area contributed by atoms with E-state index in [-0.39, 0.29) is 12.1 Å². The predicted octanol–water partition coefficient (Wildman–Crippen LogP) is 3.01. The summed E-state index contributed by atoms with van der Waals surface area (Å²) in [6.07, 6.45) is 4.32. The van der Waals surface area contributed by atoms with Crippen molar-refractivity contribution in [1.29, 1.82) is 0 Å². The zero-order valence-electron chi connectivity index (χ0n) is 10.1. The van der Waals surface area contributed by atoms with Gasteiger partial charge in [0, 0.05) is 21.8 Å². The van der Waals surface area contributed by atoms with Crippen molar-refractivity contribution < 1.29 is 5.11 Å². The van der Waals surface area contributed by atoms with Crippen LogP contribution in [0.3, 0.4) is 0 Å². The van der Waals surface area contributed by atoms with Gasteiger partial charge in [0.25, 0.3) is 0 Å². The molecule has 3 heteroatoms. The van der Waals surface area contributed by atoms with E-state index < -0.39 is 0 Å². The van der Waals surface area contributed by atoms with Crippen molar-refractivity contribution in [3.05, 3.63) is 21.9 Å². The van der Waals surface area contributed by atoms with Gasteiger partial charge in [-0.3, -0.25) is 0 Å². The van der Waals surface area contributed by atoms with Crippen molar-refractivity contribution in [2.24, 2.45) is 0 Å². The van der Waals surface area contributed by atoms with Crippen molar-refractivity contribution >= 4 is 11.3 Å². The highest BCUT2D eigenvalue weighted by atomic mass is 32.1. The highest BCUT2D eigenvalue weighted by molar-refractivity contribution is 7.12. The molecule has 2 N–H and O–H groups in total. The summed E-state index contributed by atoms with van der Waals surface area (Å²) in [4.78, 5) is 2.73. The van der Waals surface area contributed by atoms with Crippen LogP contribution in [0, 0.1) is 6.92 Å². The molecule has 1 aromatic heterocycles. The molecule has 0 bridgehead atoms. The van der Waals surface area contributed by atoms with Crippen LogP contribution in [0.5, 0.6) is 0 Å². The minimum atomic E-state index is -0.155. The molecule has 1 saturated carbocycles. The molecule has 1 fully saturated rings. The Balaban J connectivity index is 1.93. The molecule has 3 atom stereocenters. The number of thiophene rings is 1.